The summed E-state index contributed by atoms with van der Waals surface area (Å²) >= 11 is 8.94. The van der Waals surface area contributed by atoms with Gasteiger partial charge in [-0.05, 0) is 23.8 Å². The zero-order valence-corrected chi connectivity index (χ0v) is 11.6. The minimum Gasteiger partial charge on any atom is -0.207 e. The molecule has 0 saturated carbocycles. The highest BCUT2D eigenvalue weighted by Gasteiger charge is 2.20. The van der Waals surface area contributed by atoms with E-state index in [1.54, 1.807) is 0 Å². The zero-order valence-electron chi connectivity index (χ0n) is 9.23. The van der Waals surface area contributed by atoms with Crippen LogP contribution in [0.4, 0.5) is 17.6 Å². The average Bonchev–Trinajstić information content (AvgIpc) is 2.33. The van der Waals surface area contributed by atoms with Gasteiger partial charge in [0.25, 0.3) is 0 Å². The van der Waals surface area contributed by atoms with E-state index in [1.807, 2.05) is 0 Å². The van der Waals surface area contributed by atoms with Crippen LogP contribution in [0.5, 0.6) is 0 Å². The summed E-state index contributed by atoms with van der Waals surface area (Å²) in [5.41, 5.74) is 0.236. The van der Waals surface area contributed by atoms with Crippen LogP contribution in [-0.2, 0) is 0 Å². The molecule has 2 aromatic carbocycles. The molecule has 2 aromatic rings. The fourth-order valence-corrected chi connectivity index (χ4v) is 2.75. The maximum absolute atomic E-state index is 13.6. The van der Waals surface area contributed by atoms with Crippen LogP contribution < -0.4 is 0 Å². The SMILES string of the molecule is Fc1ccc(C(Br)c2cc(F)c(F)cc2Cl)c(F)c1. The van der Waals surface area contributed by atoms with E-state index < -0.39 is 28.1 Å². The van der Waals surface area contributed by atoms with Crippen molar-refractivity contribution in [3.63, 3.8) is 0 Å². The molecule has 1 atom stereocenters. The molecule has 0 aromatic heterocycles. The topological polar surface area (TPSA) is 0 Å². The molecule has 0 spiro atoms. The molecule has 0 amide bonds. The van der Waals surface area contributed by atoms with Crippen molar-refractivity contribution in [3.8, 4) is 0 Å². The van der Waals surface area contributed by atoms with Crippen LogP contribution in [0.15, 0.2) is 30.3 Å². The lowest BCUT2D eigenvalue weighted by Crippen LogP contribution is -2.00. The third-order valence-corrected chi connectivity index (χ3v) is 3.86. The Morgan fingerprint density at radius 2 is 1.47 bits per heavy atom. The zero-order chi connectivity index (χ0) is 14.2. The monoisotopic (exact) mass is 352 g/mol. The lowest BCUT2D eigenvalue weighted by Gasteiger charge is -2.14. The minimum atomic E-state index is -1.09. The standard InChI is InChI=1S/C13H6BrClF4/c14-13(7-2-1-6(16)3-10(7)17)8-4-11(18)12(19)5-9(8)15/h1-5,13H. The van der Waals surface area contributed by atoms with Crippen LogP contribution in [0.2, 0.25) is 5.02 Å². The molecule has 19 heavy (non-hydrogen) atoms. The summed E-state index contributed by atoms with van der Waals surface area (Å²) in [7, 11) is 0. The van der Waals surface area contributed by atoms with Crippen LogP contribution in [0.3, 0.4) is 0 Å². The van der Waals surface area contributed by atoms with E-state index in [0.29, 0.717) is 6.07 Å². The average molecular weight is 354 g/mol. The molecule has 6 heteroatoms. The smallest absolute Gasteiger partial charge is 0.160 e. The molecule has 0 N–H and O–H groups in total. The number of benzene rings is 2. The highest BCUT2D eigenvalue weighted by Crippen LogP contribution is 2.37. The Balaban J connectivity index is 2.49. The minimum absolute atomic E-state index is 0.0514. The van der Waals surface area contributed by atoms with Gasteiger partial charge in [0.15, 0.2) is 11.6 Å². The van der Waals surface area contributed by atoms with Crippen molar-refractivity contribution in [2.45, 2.75) is 4.83 Å². The van der Waals surface area contributed by atoms with Gasteiger partial charge < -0.3 is 0 Å². The van der Waals surface area contributed by atoms with E-state index in [4.69, 9.17) is 11.6 Å². The van der Waals surface area contributed by atoms with Gasteiger partial charge in [0, 0.05) is 16.7 Å². The Morgan fingerprint density at radius 1 is 0.842 bits per heavy atom. The van der Waals surface area contributed by atoms with Gasteiger partial charge in [-0.1, -0.05) is 33.6 Å². The Morgan fingerprint density at radius 3 is 2.11 bits per heavy atom. The number of hydrogen-bond acceptors (Lipinski definition) is 0. The summed E-state index contributed by atoms with van der Waals surface area (Å²) in [5, 5.41) is -0.0514. The summed E-state index contributed by atoms with van der Waals surface area (Å²) in [6, 6.07) is 4.67. The van der Waals surface area contributed by atoms with Crippen molar-refractivity contribution in [1.29, 1.82) is 0 Å². The fraction of sp³-hybridized carbons (Fsp3) is 0.0769. The third kappa shape index (κ3) is 2.92. The van der Waals surface area contributed by atoms with Crippen LogP contribution in [0.25, 0.3) is 0 Å². The van der Waals surface area contributed by atoms with Gasteiger partial charge >= 0.3 is 0 Å². The first-order valence-electron chi connectivity index (χ1n) is 5.13. The maximum Gasteiger partial charge on any atom is 0.160 e. The molecule has 0 fully saturated rings. The van der Waals surface area contributed by atoms with Gasteiger partial charge in [-0.15, -0.1) is 0 Å². The number of hydrogen-bond donors (Lipinski definition) is 0. The van der Waals surface area contributed by atoms with E-state index in [9.17, 15) is 17.6 Å². The van der Waals surface area contributed by atoms with Gasteiger partial charge in [-0.2, -0.15) is 0 Å². The summed E-state index contributed by atoms with van der Waals surface area (Å²) in [6.07, 6.45) is 0. The molecule has 0 bridgehead atoms. The molecule has 0 nitrogen and oxygen atoms in total. The molecule has 0 saturated heterocycles. The summed E-state index contributed by atoms with van der Waals surface area (Å²) in [5.74, 6) is -3.71. The van der Waals surface area contributed by atoms with Gasteiger partial charge in [-0.25, -0.2) is 17.6 Å². The van der Waals surface area contributed by atoms with Crippen molar-refractivity contribution < 1.29 is 17.6 Å². The third-order valence-electron chi connectivity index (χ3n) is 2.55. The molecule has 0 heterocycles. The summed E-state index contributed by atoms with van der Waals surface area (Å²) < 4.78 is 52.6. The highest BCUT2D eigenvalue weighted by molar-refractivity contribution is 9.09. The summed E-state index contributed by atoms with van der Waals surface area (Å²) in [6.45, 7) is 0. The molecule has 0 aliphatic heterocycles. The van der Waals surface area contributed by atoms with Gasteiger partial charge in [0.1, 0.15) is 11.6 Å². The van der Waals surface area contributed by atoms with Crippen LogP contribution in [0.1, 0.15) is 16.0 Å². The lowest BCUT2D eigenvalue weighted by molar-refractivity contribution is 0.507. The van der Waals surface area contributed by atoms with Crippen molar-refractivity contribution in [3.05, 3.63) is 69.8 Å². The molecule has 1 unspecified atom stereocenters. The molecular formula is C13H6BrClF4. The molecule has 100 valence electrons. The van der Waals surface area contributed by atoms with Gasteiger partial charge in [0.05, 0.1) is 4.83 Å². The number of halogens is 6. The molecule has 2 rings (SSSR count). The van der Waals surface area contributed by atoms with Gasteiger partial charge in [0.2, 0.25) is 0 Å². The van der Waals surface area contributed by atoms with Crippen molar-refractivity contribution in [2.75, 3.05) is 0 Å². The van der Waals surface area contributed by atoms with Crippen LogP contribution in [0, 0.1) is 23.3 Å². The van der Waals surface area contributed by atoms with E-state index >= 15 is 0 Å². The van der Waals surface area contributed by atoms with Crippen LogP contribution >= 0.6 is 27.5 Å². The Labute approximate surface area is 120 Å². The van der Waals surface area contributed by atoms with E-state index in [0.717, 1.165) is 18.2 Å². The second-order valence-electron chi connectivity index (χ2n) is 3.82. The Bertz CT molecular complexity index is 630. The summed E-state index contributed by atoms with van der Waals surface area (Å²) in [4.78, 5) is -0.810. The quantitative estimate of drug-likeness (QED) is 0.386. The predicted octanol–water partition coefficient (Wildman–Crippen LogP) is 5.38. The van der Waals surface area contributed by atoms with Crippen molar-refractivity contribution >= 4 is 27.5 Å². The fourth-order valence-electron chi connectivity index (χ4n) is 1.61. The molecular weight excluding hydrogens is 347 g/mol. The number of alkyl halides is 1. The predicted molar refractivity (Wildman–Crippen MR) is 68.5 cm³/mol. The largest absolute Gasteiger partial charge is 0.207 e. The van der Waals surface area contributed by atoms with Crippen molar-refractivity contribution in [2.24, 2.45) is 0 Å². The second kappa shape index (κ2) is 5.51. The lowest BCUT2D eigenvalue weighted by atomic mass is 10.0. The Hall–Kier alpha value is -1.07. The maximum atomic E-state index is 13.6. The Kier molecular flexibility index (Phi) is 4.16. The highest BCUT2D eigenvalue weighted by atomic mass is 79.9. The molecule has 0 radical (unpaired) electrons. The van der Waals surface area contributed by atoms with Crippen LogP contribution in [-0.4, -0.2) is 0 Å². The second-order valence-corrected chi connectivity index (χ2v) is 5.14. The van der Waals surface area contributed by atoms with E-state index in [1.165, 1.54) is 6.07 Å². The first-order valence-corrected chi connectivity index (χ1v) is 6.43. The first kappa shape index (κ1) is 14.3. The van der Waals surface area contributed by atoms with Gasteiger partial charge in [-0.3, -0.25) is 0 Å². The van der Waals surface area contributed by atoms with E-state index in [2.05, 4.69) is 15.9 Å². The van der Waals surface area contributed by atoms with Crippen molar-refractivity contribution in [1.82, 2.24) is 0 Å². The first-order chi connectivity index (χ1) is 8.90. The van der Waals surface area contributed by atoms with E-state index in [-0.39, 0.29) is 16.1 Å². The molecule has 0 aliphatic rings. The number of rotatable bonds is 2. The molecule has 0 aliphatic carbocycles. The normalized spacial score (nSPS) is 12.5.